The van der Waals surface area contributed by atoms with E-state index in [1.54, 1.807) is 0 Å². The fourth-order valence-electron chi connectivity index (χ4n) is 3.05. The van der Waals surface area contributed by atoms with E-state index in [1.165, 1.54) is 12.8 Å². The quantitative estimate of drug-likeness (QED) is 0.773. The topological polar surface area (TPSA) is 40.5 Å². The molecule has 1 saturated heterocycles. The summed E-state index contributed by atoms with van der Waals surface area (Å²) in [5, 5.41) is 9.26. The third-order valence-corrected chi connectivity index (χ3v) is 4.00. The Morgan fingerprint density at radius 2 is 2.13 bits per heavy atom. The first-order valence-corrected chi connectivity index (χ1v) is 6.13. The van der Waals surface area contributed by atoms with Crippen molar-refractivity contribution in [2.75, 3.05) is 6.54 Å². The molecule has 2 rings (SSSR count). The number of rotatable bonds is 4. The van der Waals surface area contributed by atoms with E-state index in [0.29, 0.717) is 12.0 Å². The largest absolute Gasteiger partial charge is 0.480 e. The molecule has 3 unspecified atom stereocenters. The summed E-state index contributed by atoms with van der Waals surface area (Å²) in [6.07, 6.45) is 4.74. The molecule has 2 fully saturated rings. The minimum Gasteiger partial charge on any atom is -0.480 e. The normalized spacial score (nSPS) is 34.3. The zero-order valence-electron chi connectivity index (χ0n) is 9.65. The Bertz CT molecular complexity index is 250. The average molecular weight is 211 g/mol. The van der Waals surface area contributed by atoms with E-state index in [9.17, 15) is 9.90 Å². The summed E-state index contributed by atoms with van der Waals surface area (Å²) in [6.45, 7) is 5.23. The van der Waals surface area contributed by atoms with Crippen LogP contribution in [0.3, 0.4) is 0 Å². The molecule has 0 aromatic carbocycles. The maximum absolute atomic E-state index is 11.2. The molecule has 0 radical (unpaired) electrons. The summed E-state index contributed by atoms with van der Waals surface area (Å²) in [5.41, 5.74) is 0. The number of hydrogen-bond donors (Lipinski definition) is 1. The van der Waals surface area contributed by atoms with Gasteiger partial charge < -0.3 is 5.11 Å². The van der Waals surface area contributed by atoms with Crippen LogP contribution in [0.25, 0.3) is 0 Å². The van der Waals surface area contributed by atoms with Crippen LogP contribution >= 0.6 is 0 Å². The van der Waals surface area contributed by atoms with Gasteiger partial charge >= 0.3 is 5.97 Å². The van der Waals surface area contributed by atoms with E-state index in [-0.39, 0.29) is 6.04 Å². The standard InChI is InChI=1S/C12H21NO2/c1-3-10(9-4-5-9)13-7-6-8(2)11(13)12(14)15/h8-11H,3-7H2,1-2H3,(H,14,15). The Morgan fingerprint density at radius 3 is 2.60 bits per heavy atom. The summed E-state index contributed by atoms with van der Waals surface area (Å²) in [5.74, 6) is 0.469. The highest BCUT2D eigenvalue weighted by molar-refractivity contribution is 5.74. The molecule has 1 N–H and O–H groups in total. The molecule has 1 saturated carbocycles. The zero-order valence-corrected chi connectivity index (χ0v) is 9.65. The van der Waals surface area contributed by atoms with Crippen molar-refractivity contribution >= 4 is 5.97 Å². The highest BCUT2D eigenvalue weighted by Gasteiger charge is 2.44. The van der Waals surface area contributed by atoms with Crippen LogP contribution in [0.2, 0.25) is 0 Å². The average Bonchev–Trinajstić information content (AvgIpc) is 2.92. The number of hydrogen-bond acceptors (Lipinski definition) is 2. The van der Waals surface area contributed by atoms with Gasteiger partial charge in [-0.1, -0.05) is 13.8 Å². The molecule has 15 heavy (non-hydrogen) atoms. The number of carbonyl (C=O) groups is 1. The predicted octanol–water partition coefficient (Wildman–Crippen LogP) is 1.97. The molecule has 86 valence electrons. The summed E-state index contributed by atoms with van der Waals surface area (Å²) in [7, 11) is 0. The van der Waals surface area contributed by atoms with Gasteiger partial charge in [-0.25, -0.2) is 0 Å². The number of carboxylic acid groups (broad SMARTS) is 1. The fraction of sp³-hybridized carbons (Fsp3) is 0.917. The van der Waals surface area contributed by atoms with Gasteiger partial charge in [-0.3, -0.25) is 9.69 Å². The highest BCUT2D eigenvalue weighted by atomic mass is 16.4. The molecular formula is C12H21NO2. The van der Waals surface area contributed by atoms with Crippen molar-refractivity contribution < 1.29 is 9.90 Å². The third-order valence-electron chi connectivity index (χ3n) is 4.00. The Balaban J connectivity index is 2.09. The zero-order chi connectivity index (χ0) is 11.0. The lowest BCUT2D eigenvalue weighted by Crippen LogP contribution is -2.45. The van der Waals surface area contributed by atoms with Crippen molar-refractivity contribution in [1.29, 1.82) is 0 Å². The van der Waals surface area contributed by atoms with Crippen LogP contribution in [0.4, 0.5) is 0 Å². The van der Waals surface area contributed by atoms with Gasteiger partial charge in [-0.15, -0.1) is 0 Å². The second-order valence-corrected chi connectivity index (χ2v) is 5.10. The number of carboxylic acids is 1. The highest BCUT2D eigenvalue weighted by Crippen LogP contribution is 2.40. The number of aliphatic carboxylic acids is 1. The molecule has 0 aromatic heterocycles. The van der Waals surface area contributed by atoms with Crippen molar-refractivity contribution in [3.8, 4) is 0 Å². The van der Waals surface area contributed by atoms with Crippen LogP contribution in [0, 0.1) is 11.8 Å². The van der Waals surface area contributed by atoms with Gasteiger partial charge in [0.05, 0.1) is 0 Å². The van der Waals surface area contributed by atoms with E-state index >= 15 is 0 Å². The van der Waals surface area contributed by atoms with Crippen LogP contribution in [0.1, 0.15) is 39.5 Å². The molecule has 3 heteroatoms. The lowest BCUT2D eigenvalue weighted by Gasteiger charge is -2.31. The summed E-state index contributed by atoms with van der Waals surface area (Å²) < 4.78 is 0. The van der Waals surface area contributed by atoms with Crippen LogP contribution in [-0.4, -0.2) is 34.6 Å². The van der Waals surface area contributed by atoms with Crippen LogP contribution in [-0.2, 0) is 4.79 Å². The predicted molar refractivity (Wildman–Crippen MR) is 58.7 cm³/mol. The first-order valence-electron chi connectivity index (χ1n) is 6.13. The minimum absolute atomic E-state index is 0.226. The maximum atomic E-state index is 11.2. The first kappa shape index (κ1) is 10.9. The van der Waals surface area contributed by atoms with Crippen LogP contribution in [0.15, 0.2) is 0 Å². The van der Waals surface area contributed by atoms with Gasteiger partial charge in [0.15, 0.2) is 0 Å². The second-order valence-electron chi connectivity index (χ2n) is 5.10. The Labute approximate surface area is 91.5 Å². The molecule has 3 atom stereocenters. The van der Waals surface area contributed by atoms with Crippen LogP contribution < -0.4 is 0 Å². The number of likely N-dealkylation sites (tertiary alicyclic amines) is 1. The lowest BCUT2D eigenvalue weighted by molar-refractivity contribution is -0.144. The van der Waals surface area contributed by atoms with E-state index in [1.807, 2.05) is 0 Å². The molecule has 1 heterocycles. The van der Waals surface area contributed by atoms with Crippen molar-refractivity contribution in [3.05, 3.63) is 0 Å². The molecule has 3 nitrogen and oxygen atoms in total. The van der Waals surface area contributed by atoms with E-state index in [2.05, 4.69) is 18.7 Å². The summed E-state index contributed by atoms with van der Waals surface area (Å²) >= 11 is 0. The Morgan fingerprint density at radius 1 is 1.47 bits per heavy atom. The fourth-order valence-corrected chi connectivity index (χ4v) is 3.05. The first-order chi connectivity index (χ1) is 7.15. The SMILES string of the molecule is CCC(C1CC1)N1CCC(C)C1C(=O)O. The third kappa shape index (κ3) is 2.03. The van der Waals surface area contributed by atoms with Crippen molar-refractivity contribution in [1.82, 2.24) is 4.90 Å². The van der Waals surface area contributed by atoms with Crippen molar-refractivity contribution in [2.24, 2.45) is 11.8 Å². The van der Waals surface area contributed by atoms with E-state index < -0.39 is 5.97 Å². The van der Waals surface area contributed by atoms with Gasteiger partial charge in [-0.2, -0.15) is 0 Å². The van der Waals surface area contributed by atoms with Crippen molar-refractivity contribution in [3.63, 3.8) is 0 Å². The van der Waals surface area contributed by atoms with Crippen molar-refractivity contribution in [2.45, 2.75) is 51.6 Å². The molecule has 0 bridgehead atoms. The van der Waals surface area contributed by atoms with Gasteiger partial charge in [-0.05, 0) is 44.1 Å². The van der Waals surface area contributed by atoms with Gasteiger partial charge in [0.25, 0.3) is 0 Å². The number of nitrogens with zero attached hydrogens (tertiary/aromatic N) is 1. The molecule has 0 aromatic rings. The Kier molecular flexibility index (Phi) is 3.01. The van der Waals surface area contributed by atoms with Gasteiger partial charge in [0, 0.05) is 6.04 Å². The smallest absolute Gasteiger partial charge is 0.321 e. The molecular weight excluding hydrogens is 190 g/mol. The van der Waals surface area contributed by atoms with Crippen LogP contribution in [0.5, 0.6) is 0 Å². The van der Waals surface area contributed by atoms with E-state index in [0.717, 1.165) is 25.3 Å². The van der Waals surface area contributed by atoms with E-state index in [4.69, 9.17) is 0 Å². The molecule has 0 spiro atoms. The minimum atomic E-state index is -0.626. The molecule has 1 aliphatic carbocycles. The second kappa shape index (κ2) is 4.12. The summed E-state index contributed by atoms with van der Waals surface area (Å²) in [4.78, 5) is 13.5. The van der Waals surface area contributed by atoms with Gasteiger partial charge in [0.1, 0.15) is 6.04 Å². The lowest BCUT2D eigenvalue weighted by atomic mass is 10.0. The monoisotopic (exact) mass is 211 g/mol. The Hall–Kier alpha value is -0.570. The van der Waals surface area contributed by atoms with Gasteiger partial charge in [0.2, 0.25) is 0 Å². The maximum Gasteiger partial charge on any atom is 0.321 e. The molecule has 0 amide bonds. The summed E-state index contributed by atoms with van der Waals surface area (Å²) in [6, 6.07) is 0.298. The molecule has 1 aliphatic heterocycles. The molecule has 2 aliphatic rings.